The van der Waals surface area contributed by atoms with Crippen LogP contribution in [0.2, 0.25) is 0 Å². The molecule has 2 aliphatic carbocycles. The molecule has 0 spiro atoms. The summed E-state index contributed by atoms with van der Waals surface area (Å²) in [5.74, 6) is 0. The van der Waals surface area contributed by atoms with Gasteiger partial charge in [0, 0.05) is 0 Å². The van der Waals surface area contributed by atoms with E-state index in [4.69, 9.17) is 0 Å². The second-order valence-electron chi connectivity index (χ2n) is 7.49. The van der Waals surface area contributed by atoms with Gasteiger partial charge in [-0.3, -0.25) is 0 Å². The van der Waals surface area contributed by atoms with Crippen molar-refractivity contribution < 1.29 is 0 Å². The summed E-state index contributed by atoms with van der Waals surface area (Å²) in [4.78, 5) is 0. The highest BCUT2D eigenvalue weighted by Gasteiger charge is 2.23. The van der Waals surface area contributed by atoms with Crippen LogP contribution in [0.4, 0.5) is 0 Å². The molecule has 0 atom stereocenters. The fourth-order valence-electron chi connectivity index (χ4n) is 3.88. The molecule has 0 nitrogen and oxygen atoms in total. The standard InChI is InChI=1S/C25H28/c1-7-8-23-19(6)20(14-21(23)11-16(2)3)15-25-18(5)13-22-12-17(4)9-10-24(22)25/h7-12,15H,5,13-14H2,1-4,6H3/b8-7-,25-15+. The molecule has 1 aromatic carbocycles. The lowest BCUT2D eigenvalue weighted by atomic mass is 9.99. The van der Waals surface area contributed by atoms with E-state index in [1.807, 2.05) is 0 Å². The van der Waals surface area contributed by atoms with E-state index >= 15 is 0 Å². The van der Waals surface area contributed by atoms with Gasteiger partial charge in [0.15, 0.2) is 0 Å². The van der Waals surface area contributed by atoms with Crippen LogP contribution in [0.3, 0.4) is 0 Å². The lowest BCUT2D eigenvalue weighted by Gasteiger charge is -2.05. The Hall–Kier alpha value is -2.34. The molecule has 0 fully saturated rings. The van der Waals surface area contributed by atoms with E-state index in [0.717, 1.165) is 12.8 Å². The minimum Gasteiger partial charge on any atom is -0.0949 e. The van der Waals surface area contributed by atoms with Gasteiger partial charge in [-0.05, 0) is 92.0 Å². The van der Waals surface area contributed by atoms with Crippen LogP contribution in [0, 0.1) is 6.92 Å². The maximum absolute atomic E-state index is 4.34. The molecular formula is C25H28. The average molecular weight is 328 g/mol. The summed E-state index contributed by atoms with van der Waals surface area (Å²) < 4.78 is 0. The highest BCUT2D eigenvalue weighted by molar-refractivity contribution is 5.87. The number of rotatable bonds is 3. The van der Waals surface area contributed by atoms with Crippen LogP contribution in [0.5, 0.6) is 0 Å². The zero-order valence-electron chi connectivity index (χ0n) is 16.2. The molecule has 2 aliphatic rings. The van der Waals surface area contributed by atoms with Crippen LogP contribution in [0.1, 0.15) is 50.8 Å². The summed E-state index contributed by atoms with van der Waals surface area (Å²) >= 11 is 0. The first-order chi connectivity index (χ1) is 11.9. The van der Waals surface area contributed by atoms with Crippen molar-refractivity contribution in [1.29, 1.82) is 0 Å². The third-order valence-corrected chi connectivity index (χ3v) is 5.06. The monoisotopic (exact) mass is 328 g/mol. The fourth-order valence-corrected chi connectivity index (χ4v) is 3.88. The Labute approximate surface area is 152 Å². The molecule has 1 aromatic rings. The highest BCUT2D eigenvalue weighted by atomic mass is 14.3. The van der Waals surface area contributed by atoms with Crippen LogP contribution >= 0.6 is 0 Å². The molecule has 25 heavy (non-hydrogen) atoms. The molecule has 3 rings (SSSR count). The third-order valence-electron chi connectivity index (χ3n) is 5.06. The largest absolute Gasteiger partial charge is 0.0949 e. The minimum atomic E-state index is 0.977. The van der Waals surface area contributed by atoms with Gasteiger partial charge >= 0.3 is 0 Å². The molecule has 0 bridgehead atoms. The Bertz CT molecular complexity index is 888. The number of benzene rings is 1. The summed E-state index contributed by atoms with van der Waals surface area (Å²) in [6, 6.07) is 6.77. The van der Waals surface area contributed by atoms with E-state index in [1.54, 1.807) is 0 Å². The van der Waals surface area contributed by atoms with Crippen LogP contribution in [-0.2, 0) is 6.42 Å². The lowest BCUT2D eigenvalue weighted by molar-refractivity contribution is 1.22. The van der Waals surface area contributed by atoms with E-state index < -0.39 is 0 Å². The van der Waals surface area contributed by atoms with Crippen LogP contribution in [-0.4, -0.2) is 0 Å². The Kier molecular flexibility index (Phi) is 4.81. The average Bonchev–Trinajstić information content (AvgIpc) is 2.99. The maximum atomic E-state index is 4.34. The van der Waals surface area contributed by atoms with Gasteiger partial charge in [0.1, 0.15) is 0 Å². The Morgan fingerprint density at radius 3 is 2.52 bits per heavy atom. The van der Waals surface area contributed by atoms with Crippen molar-refractivity contribution in [2.45, 2.75) is 47.5 Å². The molecule has 0 heterocycles. The maximum Gasteiger partial charge on any atom is -0.00167 e. The van der Waals surface area contributed by atoms with Crippen molar-refractivity contribution in [2.75, 3.05) is 0 Å². The van der Waals surface area contributed by atoms with Crippen LogP contribution < -0.4 is 0 Å². The highest BCUT2D eigenvalue weighted by Crippen LogP contribution is 2.41. The molecule has 128 valence electrons. The first-order valence-corrected chi connectivity index (χ1v) is 9.11. The van der Waals surface area contributed by atoms with Crippen molar-refractivity contribution in [3.63, 3.8) is 0 Å². The zero-order valence-corrected chi connectivity index (χ0v) is 16.2. The number of hydrogen-bond acceptors (Lipinski definition) is 0. The summed E-state index contributed by atoms with van der Waals surface area (Å²) in [6.07, 6.45) is 11.1. The number of allylic oxidation sites excluding steroid dienone is 11. The first kappa shape index (κ1) is 17.5. The number of aryl methyl sites for hydroxylation is 1. The Morgan fingerprint density at radius 1 is 1.08 bits per heavy atom. The van der Waals surface area contributed by atoms with Crippen molar-refractivity contribution in [3.8, 4) is 0 Å². The molecule has 0 aromatic heterocycles. The summed E-state index contributed by atoms with van der Waals surface area (Å²) in [5, 5.41) is 0. The first-order valence-electron chi connectivity index (χ1n) is 9.11. The van der Waals surface area contributed by atoms with Gasteiger partial charge in [-0.25, -0.2) is 0 Å². The predicted octanol–water partition coefficient (Wildman–Crippen LogP) is 7.05. The van der Waals surface area contributed by atoms with E-state index in [-0.39, 0.29) is 0 Å². The second kappa shape index (κ2) is 6.88. The van der Waals surface area contributed by atoms with Crippen molar-refractivity contribution in [2.24, 2.45) is 0 Å². The topological polar surface area (TPSA) is 0 Å². The van der Waals surface area contributed by atoms with Gasteiger partial charge in [-0.2, -0.15) is 0 Å². The minimum absolute atomic E-state index is 0.977. The summed E-state index contributed by atoms with van der Waals surface area (Å²) in [5.41, 5.74) is 13.6. The SMILES string of the molecule is C=C1Cc2cc(C)ccc2/C1=C/C1=C(C)C(/C=C\C)=C(C=C(C)C)C1. The molecule has 0 heteroatoms. The zero-order chi connectivity index (χ0) is 18.1. The van der Waals surface area contributed by atoms with E-state index in [2.05, 4.69) is 83.7 Å². The van der Waals surface area contributed by atoms with Crippen LogP contribution in [0.25, 0.3) is 5.57 Å². The van der Waals surface area contributed by atoms with Crippen LogP contribution in [0.15, 0.2) is 82.5 Å². The van der Waals surface area contributed by atoms with E-state index in [0.29, 0.717) is 0 Å². The van der Waals surface area contributed by atoms with Gasteiger partial charge in [0.25, 0.3) is 0 Å². The smallest absolute Gasteiger partial charge is 0.00167 e. The Balaban J connectivity index is 2.03. The predicted molar refractivity (Wildman–Crippen MR) is 111 cm³/mol. The van der Waals surface area contributed by atoms with Gasteiger partial charge in [-0.1, -0.05) is 60.2 Å². The molecule has 0 aliphatic heterocycles. The van der Waals surface area contributed by atoms with Gasteiger partial charge in [-0.15, -0.1) is 0 Å². The van der Waals surface area contributed by atoms with Crippen molar-refractivity contribution in [3.05, 3.63) is 99.2 Å². The number of hydrogen-bond donors (Lipinski definition) is 0. The van der Waals surface area contributed by atoms with Gasteiger partial charge in [0.2, 0.25) is 0 Å². The van der Waals surface area contributed by atoms with Gasteiger partial charge in [0.05, 0.1) is 0 Å². The molecule has 0 amide bonds. The number of fused-ring (bicyclic) bond motifs is 1. The Morgan fingerprint density at radius 2 is 1.84 bits per heavy atom. The second-order valence-corrected chi connectivity index (χ2v) is 7.49. The molecule has 0 unspecified atom stereocenters. The van der Waals surface area contributed by atoms with E-state index in [9.17, 15) is 0 Å². The molecule has 0 radical (unpaired) electrons. The third kappa shape index (κ3) is 3.39. The lowest BCUT2D eigenvalue weighted by Crippen LogP contribution is -1.85. The van der Waals surface area contributed by atoms with Crippen molar-refractivity contribution >= 4 is 5.57 Å². The fraction of sp³-hybridized carbons (Fsp3) is 0.280. The molecule has 0 saturated heterocycles. The van der Waals surface area contributed by atoms with Crippen molar-refractivity contribution in [1.82, 2.24) is 0 Å². The summed E-state index contributed by atoms with van der Waals surface area (Å²) in [7, 11) is 0. The van der Waals surface area contributed by atoms with Gasteiger partial charge < -0.3 is 0 Å². The summed E-state index contributed by atoms with van der Waals surface area (Å²) in [6.45, 7) is 15.2. The molecule has 0 saturated carbocycles. The molecule has 0 N–H and O–H groups in total. The normalized spacial score (nSPS) is 18.8. The quantitative estimate of drug-likeness (QED) is 0.557. The van der Waals surface area contributed by atoms with E-state index in [1.165, 1.54) is 55.7 Å². The molecular weight excluding hydrogens is 300 g/mol.